The fourth-order valence-corrected chi connectivity index (χ4v) is 3.11. The van der Waals surface area contributed by atoms with Crippen LogP contribution < -0.4 is 16.0 Å². The summed E-state index contributed by atoms with van der Waals surface area (Å²) in [5.74, 6) is 0.937. The minimum absolute atomic E-state index is 0.0328. The highest BCUT2D eigenvalue weighted by molar-refractivity contribution is 5.94. The first-order chi connectivity index (χ1) is 11.5. The SMILES string of the molecule is CCC(=O)Nc1ccc(C)c(NC(=O)CC(C)C2CCCNC2)c1. The van der Waals surface area contributed by atoms with Gasteiger partial charge in [-0.25, -0.2) is 0 Å². The monoisotopic (exact) mass is 331 g/mol. The molecule has 2 rings (SSSR count). The van der Waals surface area contributed by atoms with Gasteiger partial charge in [-0.1, -0.05) is 19.9 Å². The number of carbonyl (C=O) groups is 2. The Labute approximate surface area is 144 Å². The lowest BCUT2D eigenvalue weighted by Gasteiger charge is -2.28. The number of piperidine rings is 1. The van der Waals surface area contributed by atoms with Crippen LogP contribution in [0.4, 0.5) is 11.4 Å². The Morgan fingerprint density at radius 3 is 2.75 bits per heavy atom. The second kappa shape index (κ2) is 8.83. The molecular formula is C19H29N3O2. The highest BCUT2D eigenvalue weighted by Gasteiger charge is 2.22. The third kappa shape index (κ3) is 5.34. The maximum Gasteiger partial charge on any atom is 0.224 e. The smallest absolute Gasteiger partial charge is 0.224 e. The summed E-state index contributed by atoms with van der Waals surface area (Å²) < 4.78 is 0. The van der Waals surface area contributed by atoms with Crippen LogP contribution in [0.5, 0.6) is 0 Å². The summed E-state index contributed by atoms with van der Waals surface area (Å²) in [6.07, 6.45) is 3.34. The highest BCUT2D eigenvalue weighted by Crippen LogP contribution is 2.24. The summed E-state index contributed by atoms with van der Waals surface area (Å²) in [5.41, 5.74) is 2.47. The number of aryl methyl sites for hydroxylation is 1. The number of rotatable bonds is 6. The minimum Gasteiger partial charge on any atom is -0.326 e. The molecule has 1 fully saturated rings. The molecule has 1 saturated heterocycles. The molecule has 0 aromatic heterocycles. The largest absolute Gasteiger partial charge is 0.326 e. The summed E-state index contributed by atoms with van der Waals surface area (Å²) in [5, 5.41) is 9.23. The van der Waals surface area contributed by atoms with E-state index >= 15 is 0 Å². The Kier molecular flexibility index (Phi) is 6.79. The fourth-order valence-electron chi connectivity index (χ4n) is 3.11. The number of nitrogens with one attached hydrogen (secondary N) is 3. The molecule has 0 radical (unpaired) electrons. The second-order valence-corrected chi connectivity index (χ2v) is 6.77. The molecule has 0 bridgehead atoms. The minimum atomic E-state index is -0.0328. The molecule has 24 heavy (non-hydrogen) atoms. The number of hydrogen-bond donors (Lipinski definition) is 3. The van der Waals surface area contributed by atoms with Crippen molar-refractivity contribution in [2.45, 2.75) is 46.5 Å². The number of hydrogen-bond acceptors (Lipinski definition) is 3. The van der Waals surface area contributed by atoms with Crippen LogP contribution in [0.3, 0.4) is 0 Å². The van der Waals surface area contributed by atoms with Crippen molar-refractivity contribution in [1.29, 1.82) is 0 Å². The molecule has 0 spiro atoms. The maximum absolute atomic E-state index is 12.4. The Bertz CT molecular complexity index is 580. The molecule has 132 valence electrons. The lowest BCUT2D eigenvalue weighted by molar-refractivity contribution is -0.117. The van der Waals surface area contributed by atoms with E-state index in [4.69, 9.17) is 0 Å². The van der Waals surface area contributed by atoms with Crippen molar-refractivity contribution < 1.29 is 9.59 Å². The van der Waals surface area contributed by atoms with Gasteiger partial charge in [0.15, 0.2) is 0 Å². The molecule has 0 saturated carbocycles. The predicted molar refractivity (Wildman–Crippen MR) is 98.1 cm³/mol. The van der Waals surface area contributed by atoms with Gasteiger partial charge in [-0.2, -0.15) is 0 Å². The Balaban J connectivity index is 1.94. The average molecular weight is 331 g/mol. The summed E-state index contributed by atoms with van der Waals surface area (Å²) in [4.78, 5) is 23.9. The van der Waals surface area contributed by atoms with E-state index in [-0.39, 0.29) is 11.8 Å². The topological polar surface area (TPSA) is 70.2 Å². The summed E-state index contributed by atoms with van der Waals surface area (Å²) in [7, 11) is 0. The molecule has 2 atom stereocenters. The summed E-state index contributed by atoms with van der Waals surface area (Å²) in [6, 6.07) is 5.60. The predicted octanol–water partition coefficient (Wildman–Crippen LogP) is 3.31. The molecule has 5 heteroatoms. The van der Waals surface area contributed by atoms with Crippen LogP contribution in [0.15, 0.2) is 18.2 Å². The van der Waals surface area contributed by atoms with Gasteiger partial charge in [0.1, 0.15) is 0 Å². The molecule has 1 aliphatic rings. The average Bonchev–Trinajstić information content (AvgIpc) is 2.58. The molecule has 1 heterocycles. The molecular weight excluding hydrogens is 302 g/mol. The van der Waals surface area contributed by atoms with Crippen LogP contribution in [0.25, 0.3) is 0 Å². The first-order valence-corrected chi connectivity index (χ1v) is 8.90. The van der Waals surface area contributed by atoms with Gasteiger partial charge in [-0.05, 0) is 62.4 Å². The Hall–Kier alpha value is -1.88. The van der Waals surface area contributed by atoms with Crippen molar-refractivity contribution in [3.8, 4) is 0 Å². The fraction of sp³-hybridized carbons (Fsp3) is 0.579. The summed E-state index contributed by atoms with van der Waals surface area (Å²) in [6.45, 7) is 8.02. The Morgan fingerprint density at radius 2 is 2.08 bits per heavy atom. The van der Waals surface area contributed by atoms with Crippen LogP contribution in [-0.4, -0.2) is 24.9 Å². The second-order valence-electron chi connectivity index (χ2n) is 6.77. The quantitative estimate of drug-likeness (QED) is 0.749. The summed E-state index contributed by atoms with van der Waals surface area (Å²) >= 11 is 0. The van der Waals surface area contributed by atoms with E-state index in [1.165, 1.54) is 12.8 Å². The molecule has 5 nitrogen and oxygen atoms in total. The highest BCUT2D eigenvalue weighted by atomic mass is 16.2. The molecule has 3 N–H and O–H groups in total. The number of carbonyl (C=O) groups excluding carboxylic acids is 2. The van der Waals surface area contributed by atoms with Crippen molar-refractivity contribution in [2.75, 3.05) is 23.7 Å². The third-order valence-corrected chi connectivity index (χ3v) is 4.76. The van der Waals surface area contributed by atoms with Crippen molar-refractivity contribution in [2.24, 2.45) is 11.8 Å². The van der Waals surface area contributed by atoms with Gasteiger partial charge in [0.25, 0.3) is 0 Å². The molecule has 1 aromatic rings. The zero-order valence-electron chi connectivity index (χ0n) is 14.9. The third-order valence-electron chi connectivity index (χ3n) is 4.76. The first-order valence-electron chi connectivity index (χ1n) is 8.90. The van der Waals surface area contributed by atoms with Crippen molar-refractivity contribution in [1.82, 2.24) is 5.32 Å². The van der Waals surface area contributed by atoms with Crippen LogP contribution in [0.1, 0.15) is 45.1 Å². The lowest BCUT2D eigenvalue weighted by atomic mass is 9.85. The van der Waals surface area contributed by atoms with Gasteiger partial charge in [-0.15, -0.1) is 0 Å². The van der Waals surface area contributed by atoms with Crippen LogP contribution in [0, 0.1) is 18.8 Å². The van der Waals surface area contributed by atoms with Crippen LogP contribution in [-0.2, 0) is 9.59 Å². The van der Waals surface area contributed by atoms with Crippen molar-refractivity contribution >= 4 is 23.2 Å². The zero-order chi connectivity index (χ0) is 17.5. The van der Waals surface area contributed by atoms with E-state index in [0.717, 1.165) is 24.3 Å². The van der Waals surface area contributed by atoms with Crippen LogP contribution in [0.2, 0.25) is 0 Å². The van der Waals surface area contributed by atoms with E-state index in [0.29, 0.717) is 30.4 Å². The standard InChI is InChI=1S/C19H29N3O2/c1-4-18(23)21-16-8-7-13(2)17(11-16)22-19(24)10-14(3)15-6-5-9-20-12-15/h7-8,11,14-15,20H,4-6,9-10,12H2,1-3H3,(H,21,23)(H,22,24). The van der Waals surface area contributed by atoms with Gasteiger partial charge in [0.2, 0.25) is 11.8 Å². The molecule has 1 aliphatic heterocycles. The zero-order valence-corrected chi connectivity index (χ0v) is 14.9. The molecule has 2 amide bonds. The van der Waals surface area contributed by atoms with Crippen molar-refractivity contribution in [3.63, 3.8) is 0 Å². The van der Waals surface area contributed by atoms with E-state index in [1.54, 1.807) is 0 Å². The first kappa shape index (κ1) is 18.5. The Morgan fingerprint density at radius 1 is 1.29 bits per heavy atom. The van der Waals surface area contributed by atoms with Gasteiger partial charge in [0.05, 0.1) is 0 Å². The number of amides is 2. The van der Waals surface area contributed by atoms with Crippen molar-refractivity contribution in [3.05, 3.63) is 23.8 Å². The molecule has 1 aromatic carbocycles. The van der Waals surface area contributed by atoms with Gasteiger partial charge < -0.3 is 16.0 Å². The van der Waals surface area contributed by atoms with E-state index in [2.05, 4.69) is 22.9 Å². The lowest BCUT2D eigenvalue weighted by Crippen LogP contribution is -2.34. The van der Waals surface area contributed by atoms with E-state index < -0.39 is 0 Å². The van der Waals surface area contributed by atoms with E-state index in [1.807, 2.05) is 32.0 Å². The van der Waals surface area contributed by atoms with Crippen LogP contribution >= 0.6 is 0 Å². The normalized spacial score (nSPS) is 18.7. The van der Waals surface area contributed by atoms with E-state index in [9.17, 15) is 9.59 Å². The van der Waals surface area contributed by atoms with Gasteiger partial charge >= 0.3 is 0 Å². The van der Waals surface area contributed by atoms with Gasteiger partial charge in [-0.3, -0.25) is 9.59 Å². The van der Waals surface area contributed by atoms with Gasteiger partial charge in [0, 0.05) is 24.2 Å². The maximum atomic E-state index is 12.4. The molecule has 0 aliphatic carbocycles. The number of benzene rings is 1. The number of anilines is 2. The molecule has 2 unspecified atom stereocenters.